The first-order valence-corrected chi connectivity index (χ1v) is 7.39. The van der Waals surface area contributed by atoms with E-state index in [0.29, 0.717) is 0 Å². The predicted molar refractivity (Wildman–Crippen MR) is 80.5 cm³/mol. The monoisotopic (exact) mass is 257 g/mol. The van der Waals surface area contributed by atoms with Gasteiger partial charge in [0.25, 0.3) is 0 Å². The van der Waals surface area contributed by atoms with Crippen LogP contribution in [0.5, 0.6) is 5.75 Å². The van der Waals surface area contributed by atoms with Crippen LogP contribution in [-0.2, 0) is 6.42 Å². The lowest BCUT2D eigenvalue weighted by molar-refractivity contribution is 0.480. The van der Waals surface area contributed by atoms with Crippen LogP contribution >= 0.6 is 0 Å². The molecule has 0 fully saturated rings. The number of phenolic OH excluding ortho intramolecular Hbond substituents is 1. The fourth-order valence-corrected chi connectivity index (χ4v) is 2.40. The molecule has 0 unspecified atom stereocenters. The van der Waals surface area contributed by atoms with Crippen LogP contribution < -0.4 is 0 Å². The van der Waals surface area contributed by atoms with Crippen molar-refractivity contribution in [3.63, 3.8) is 0 Å². The molecule has 0 bridgehead atoms. The van der Waals surface area contributed by atoms with Gasteiger partial charge in [0.05, 0.1) is 0 Å². The van der Waals surface area contributed by atoms with Crippen LogP contribution in [0, 0.1) is 0 Å². The fraction of sp³-hybridized carbons (Fsp3) is 0.471. The van der Waals surface area contributed by atoms with Gasteiger partial charge in [-0.25, -0.2) is 4.98 Å². The minimum atomic E-state index is 0.280. The Morgan fingerprint density at radius 1 is 0.947 bits per heavy atom. The summed E-state index contributed by atoms with van der Waals surface area (Å²) in [7, 11) is 0. The summed E-state index contributed by atoms with van der Waals surface area (Å²) in [5, 5.41) is 10.8. The molecule has 0 radical (unpaired) electrons. The molecular weight excluding hydrogens is 234 g/mol. The molecular formula is C17H23NO. The largest absolute Gasteiger partial charge is 0.506 e. The molecule has 0 spiro atoms. The number of pyridine rings is 1. The van der Waals surface area contributed by atoms with Crippen molar-refractivity contribution in [2.75, 3.05) is 0 Å². The maximum absolute atomic E-state index is 9.80. The summed E-state index contributed by atoms with van der Waals surface area (Å²) in [6, 6.07) is 9.66. The minimum Gasteiger partial charge on any atom is -0.506 e. The lowest BCUT2D eigenvalue weighted by Crippen LogP contribution is -1.91. The molecule has 102 valence electrons. The van der Waals surface area contributed by atoms with Crippen LogP contribution in [0.25, 0.3) is 10.9 Å². The third kappa shape index (κ3) is 3.95. The molecule has 1 N–H and O–H groups in total. The number of aromatic nitrogens is 1. The molecule has 1 heterocycles. The number of unbranched alkanes of at least 4 members (excludes halogenated alkanes) is 5. The van der Waals surface area contributed by atoms with E-state index in [2.05, 4.69) is 24.0 Å². The fourth-order valence-electron chi connectivity index (χ4n) is 2.40. The third-order valence-electron chi connectivity index (χ3n) is 3.54. The molecule has 19 heavy (non-hydrogen) atoms. The molecule has 2 rings (SSSR count). The van der Waals surface area contributed by atoms with Gasteiger partial charge in [-0.05, 0) is 25.0 Å². The van der Waals surface area contributed by atoms with Crippen LogP contribution in [0.2, 0.25) is 0 Å². The van der Waals surface area contributed by atoms with E-state index in [1.807, 2.05) is 12.1 Å². The Kier molecular flexibility index (Phi) is 5.20. The highest BCUT2D eigenvalue weighted by atomic mass is 16.3. The lowest BCUT2D eigenvalue weighted by Gasteiger charge is -2.04. The van der Waals surface area contributed by atoms with Crippen LogP contribution in [0.1, 0.15) is 51.1 Å². The van der Waals surface area contributed by atoms with Crippen molar-refractivity contribution in [1.29, 1.82) is 0 Å². The molecule has 0 aliphatic carbocycles. The van der Waals surface area contributed by atoms with Gasteiger partial charge in [-0.3, -0.25) is 0 Å². The standard InChI is InChI=1S/C17H23NO/c1-2-3-4-5-6-7-10-15-13-12-14-9-8-11-16(19)17(14)18-15/h8-9,11-13,19H,2-7,10H2,1H3. The van der Waals surface area contributed by atoms with Crippen molar-refractivity contribution in [3.05, 3.63) is 36.0 Å². The molecule has 0 saturated carbocycles. The van der Waals surface area contributed by atoms with Gasteiger partial charge in [0.15, 0.2) is 0 Å². The molecule has 0 atom stereocenters. The molecule has 0 aliphatic rings. The van der Waals surface area contributed by atoms with Gasteiger partial charge in [0, 0.05) is 11.1 Å². The summed E-state index contributed by atoms with van der Waals surface area (Å²) in [6.07, 6.45) is 8.80. The zero-order valence-corrected chi connectivity index (χ0v) is 11.7. The number of aryl methyl sites for hydroxylation is 1. The maximum atomic E-state index is 9.80. The summed E-state index contributed by atoms with van der Waals surface area (Å²) in [5.41, 5.74) is 1.82. The number of aromatic hydroxyl groups is 1. The quantitative estimate of drug-likeness (QED) is 0.720. The normalized spacial score (nSPS) is 11.0. The summed E-state index contributed by atoms with van der Waals surface area (Å²) in [4.78, 5) is 4.56. The molecule has 0 aliphatic heterocycles. The predicted octanol–water partition coefficient (Wildman–Crippen LogP) is 4.84. The molecule has 2 heteroatoms. The average Bonchev–Trinajstić information content (AvgIpc) is 2.43. The van der Waals surface area contributed by atoms with Crippen LogP contribution in [-0.4, -0.2) is 10.1 Å². The van der Waals surface area contributed by atoms with E-state index in [0.717, 1.165) is 23.0 Å². The zero-order valence-electron chi connectivity index (χ0n) is 11.7. The van der Waals surface area contributed by atoms with Crippen LogP contribution in [0.15, 0.2) is 30.3 Å². The molecule has 1 aromatic heterocycles. The Bertz CT molecular complexity index is 522. The van der Waals surface area contributed by atoms with E-state index in [-0.39, 0.29) is 5.75 Å². The van der Waals surface area contributed by atoms with Crippen molar-refractivity contribution < 1.29 is 5.11 Å². The molecule has 2 aromatic rings. The zero-order chi connectivity index (χ0) is 13.5. The van der Waals surface area contributed by atoms with Gasteiger partial charge in [-0.1, -0.05) is 57.2 Å². The van der Waals surface area contributed by atoms with Gasteiger partial charge in [0.2, 0.25) is 0 Å². The van der Waals surface area contributed by atoms with E-state index in [9.17, 15) is 5.11 Å². The summed E-state index contributed by atoms with van der Waals surface area (Å²) >= 11 is 0. The van der Waals surface area contributed by atoms with E-state index in [1.54, 1.807) is 6.07 Å². The summed E-state index contributed by atoms with van der Waals surface area (Å²) < 4.78 is 0. The van der Waals surface area contributed by atoms with E-state index < -0.39 is 0 Å². The van der Waals surface area contributed by atoms with Crippen molar-refractivity contribution in [2.45, 2.75) is 51.9 Å². The highest BCUT2D eigenvalue weighted by molar-refractivity contribution is 5.84. The second-order valence-corrected chi connectivity index (χ2v) is 5.17. The number of phenols is 1. The smallest absolute Gasteiger partial charge is 0.141 e. The summed E-state index contributed by atoms with van der Waals surface area (Å²) in [6.45, 7) is 2.24. The first kappa shape index (κ1) is 13.9. The minimum absolute atomic E-state index is 0.280. The van der Waals surface area contributed by atoms with Crippen molar-refractivity contribution >= 4 is 10.9 Å². The highest BCUT2D eigenvalue weighted by Crippen LogP contribution is 2.22. The highest BCUT2D eigenvalue weighted by Gasteiger charge is 2.02. The van der Waals surface area contributed by atoms with E-state index in [1.165, 1.54) is 38.5 Å². The number of hydrogen-bond donors (Lipinski definition) is 1. The van der Waals surface area contributed by atoms with Crippen molar-refractivity contribution in [1.82, 2.24) is 4.98 Å². The Balaban J connectivity index is 1.89. The van der Waals surface area contributed by atoms with Gasteiger partial charge in [-0.15, -0.1) is 0 Å². The maximum Gasteiger partial charge on any atom is 0.141 e. The SMILES string of the molecule is CCCCCCCCc1ccc2cccc(O)c2n1. The van der Waals surface area contributed by atoms with E-state index >= 15 is 0 Å². The van der Waals surface area contributed by atoms with Gasteiger partial charge in [-0.2, -0.15) is 0 Å². The first-order valence-electron chi connectivity index (χ1n) is 7.39. The second-order valence-electron chi connectivity index (χ2n) is 5.17. The topological polar surface area (TPSA) is 33.1 Å². The van der Waals surface area contributed by atoms with Crippen LogP contribution in [0.3, 0.4) is 0 Å². The second kappa shape index (κ2) is 7.13. The Morgan fingerprint density at radius 3 is 2.58 bits per heavy atom. The van der Waals surface area contributed by atoms with Gasteiger partial charge in [0.1, 0.15) is 11.3 Å². The molecule has 0 amide bonds. The molecule has 2 nitrogen and oxygen atoms in total. The molecule has 0 saturated heterocycles. The van der Waals surface area contributed by atoms with Crippen molar-refractivity contribution in [2.24, 2.45) is 0 Å². The number of rotatable bonds is 7. The third-order valence-corrected chi connectivity index (χ3v) is 3.54. The number of nitrogens with zero attached hydrogens (tertiary/aromatic N) is 1. The van der Waals surface area contributed by atoms with Gasteiger partial charge >= 0.3 is 0 Å². The summed E-state index contributed by atoms with van der Waals surface area (Å²) in [5.74, 6) is 0.280. The Hall–Kier alpha value is -1.57. The van der Waals surface area contributed by atoms with Crippen LogP contribution in [0.4, 0.5) is 0 Å². The first-order chi connectivity index (χ1) is 9.31. The van der Waals surface area contributed by atoms with Gasteiger partial charge < -0.3 is 5.11 Å². The molecule has 1 aromatic carbocycles. The number of hydrogen-bond acceptors (Lipinski definition) is 2. The average molecular weight is 257 g/mol. The number of benzene rings is 1. The Labute approximate surface area is 115 Å². The Morgan fingerprint density at radius 2 is 1.74 bits per heavy atom. The van der Waals surface area contributed by atoms with E-state index in [4.69, 9.17) is 0 Å². The van der Waals surface area contributed by atoms with Crippen molar-refractivity contribution in [3.8, 4) is 5.75 Å². The lowest BCUT2D eigenvalue weighted by atomic mass is 10.1. The number of para-hydroxylation sites is 1. The number of fused-ring (bicyclic) bond motifs is 1.